The molecule has 1 heterocycles. The van der Waals surface area contributed by atoms with Gasteiger partial charge in [0.15, 0.2) is 0 Å². The first-order valence-corrected chi connectivity index (χ1v) is 4.85. The van der Waals surface area contributed by atoms with E-state index in [2.05, 4.69) is 5.32 Å². The fourth-order valence-electron chi connectivity index (χ4n) is 1.81. The number of hydrogen-bond acceptors (Lipinski definition) is 3. The summed E-state index contributed by atoms with van der Waals surface area (Å²) in [6, 6.07) is 0.409. The molecule has 0 aromatic heterocycles. The van der Waals surface area contributed by atoms with Gasteiger partial charge in [0.05, 0.1) is 0 Å². The van der Waals surface area contributed by atoms with Crippen molar-refractivity contribution in [2.75, 3.05) is 20.1 Å². The fourth-order valence-corrected chi connectivity index (χ4v) is 1.81. The molecule has 2 aliphatic rings. The third-order valence-corrected chi connectivity index (χ3v) is 3.01. The Labute approximate surface area is 77.9 Å². The predicted molar refractivity (Wildman–Crippen MR) is 48.2 cm³/mol. The van der Waals surface area contributed by atoms with Crippen LogP contribution in [-0.4, -0.2) is 47.7 Å². The van der Waals surface area contributed by atoms with E-state index in [9.17, 15) is 9.90 Å². The molecule has 1 saturated heterocycles. The second-order valence-corrected chi connectivity index (χ2v) is 4.06. The summed E-state index contributed by atoms with van der Waals surface area (Å²) in [6.45, 7) is 1.53. The van der Waals surface area contributed by atoms with Crippen LogP contribution >= 0.6 is 0 Å². The summed E-state index contributed by atoms with van der Waals surface area (Å²) in [6.07, 6.45) is 2.29. The van der Waals surface area contributed by atoms with Crippen LogP contribution in [-0.2, 0) is 4.79 Å². The SMILES string of the molecule is CNC1CCN(C(=O)C2(O)CC2)C1. The quantitative estimate of drug-likeness (QED) is 0.598. The average Bonchev–Trinajstić information content (AvgIpc) is 2.71. The summed E-state index contributed by atoms with van der Waals surface area (Å²) in [4.78, 5) is 13.4. The molecule has 1 unspecified atom stereocenters. The third-order valence-electron chi connectivity index (χ3n) is 3.01. The van der Waals surface area contributed by atoms with Crippen LogP contribution in [0.1, 0.15) is 19.3 Å². The minimum Gasteiger partial charge on any atom is -0.380 e. The van der Waals surface area contributed by atoms with Gasteiger partial charge < -0.3 is 15.3 Å². The van der Waals surface area contributed by atoms with Crippen molar-refractivity contribution in [3.63, 3.8) is 0 Å². The Morgan fingerprint density at radius 1 is 1.62 bits per heavy atom. The number of hydrogen-bond donors (Lipinski definition) is 2. The van der Waals surface area contributed by atoms with E-state index in [-0.39, 0.29) is 5.91 Å². The van der Waals surface area contributed by atoms with Crippen molar-refractivity contribution < 1.29 is 9.90 Å². The van der Waals surface area contributed by atoms with Crippen LogP contribution in [0.5, 0.6) is 0 Å². The highest BCUT2D eigenvalue weighted by molar-refractivity contribution is 5.88. The molecule has 13 heavy (non-hydrogen) atoms. The monoisotopic (exact) mass is 184 g/mol. The van der Waals surface area contributed by atoms with Crippen molar-refractivity contribution in [2.24, 2.45) is 0 Å². The zero-order valence-corrected chi connectivity index (χ0v) is 7.92. The molecular weight excluding hydrogens is 168 g/mol. The van der Waals surface area contributed by atoms with Gasteiger partial charge in [0.1, 0.15) is 5.60 Å². The van der Waals surface area contributed by atoms with Crippen molar-refractivity contribution in [3.05, 3.63) is 0 Å². The fraction of sp³-hybridized carbons (Fsp3) is 0.889. The van der Waals surface area contributed by atoms with Crippen LogP contribution < -0.4 is 5.32 Å². The zero-order chi connectivity index (χ0) is 9.47. The van der Waals surface area contributed by atoms with Crippen LogP contribution in [0.25, 0.3) is 0 Å². The second kappa shape index (κ2) is 2.96. The Bertz CT molecular complexity index is 226. The number of amides is 1. The Morgan fingerprint density at radius 3 is 2.77 bits per heavy atom. The molecule has 4 nitrogen and oxygen atoms in total. The molecule has 2 rings (SSSR count). The summed E-state index contributed by atoms with van der Waals surface area (Å²) in [5.41, 5.74) is -0.984. The maximum Gasteiger partial charge on any atom is 0.254 e. The highest BCUT2D eigenvalue weighted by Gasteiger charge is 2.50. The number of likely N-dealkylation sites (N-methyl/N-ethyl adjacent to an activating group) is 1. The molecule has 0 spiro atoms. The Balaban J connectivity index is 1.92. The van der Waals surface area contributed by atoms with Crippen LogP contribution in [0.2, 0.25) is 0 Å². The highest BCUT2D eigenvalue weighted by atomic mass is 16.3. The zero-order valence-electron chi connectivity index (χ0n) is 7.92. The van der Waals surface area contributed by atoms with Crippen molar-refractivity contribution >= 4 is 5.91 Å². The standard InChI is InChI=1S/C9H16N2O2/c1-10-7-2-5-11(6-7)8(12)9(13)3-4-9/h7,10,13H,2-6H2,1H3. The lowest BCUT2D eigenvalue weighted by molar-refractivity contribution is -0.141. The average molecular weight is 184 g/mol. The van der Waals surface area contributed by atoms with Crippen molar-refractivity contribution in [3.8, 4) is 0 Å². The number of carbonyl (C=O) groups excluding carboxylic acids is 1. The molecule has 1 aliphatic heterocycles. The molecule has 0 aromatic carbocycles. The number of likely N-dealkylation sites (tertiary alicyclic amines) is 1. The van der Waals surface area contributed by atoms with Gasteiger partial charge >= 0.3 is 0 Å². The number of aliphatic hydroxyl groups is 1. The number of nitrogens with zero attached hydrogens (tertiary/aromatic N) is 1. The molecule has 1 atom stereocenters. The normalized spacial score (nSPS) is 30.6. The van der Waals surface area contributed by atoms with E-state index in [1.54, 1.807) is 4.90 Å². The number of rotatable bonds is 2. The molecule has 0 radical (unpaired) electrons. The van der Waals surface area contributed by atoms with E-state index in [1.807, 2.05) is 7.05 Å². The van der Waals surface area contributed by atoms with Gasteiger partial charge in [-0.05, 0) is 26.3 Å². The van der Waals surface area contributed by atoms with Crippen LogP contribution in [0, 0.1) is 0 Å². The summed E-state index contributed by atoms with van der Waals surface area (Å²) < 4.78 is 0. The molecular formula is C9H16N2O2. The van der Waals surface area contributed by atoms with E-state index in [4.69, 9.17) is 0 Å². The van der Waals surface area contributed by atoms with Crippen LogP contribution in [0.15, 0.2) is 0 Å². The van der Waals surface area contributed by atoms with Gasteiger partial charge in [-0.15, -0.1) is 0 Å². The molecule has 74 valence electrons. The van der Waals surface area contributed by atoms with E-state index >= 15 is 0 Å². The minimum absolute atomic E-state index is 0.0646. The largest absolute Gasteiger partial charge is 0.380 e. The number of carbonyl (C=O) groups is 1. The lowest BCUT2D eigenvalue weighted by atomic mass is 10.3. The third kappa shape index (κ3) is 1.56. The summed E-state index contributed by atoms with van der Waals surface area (Å²) >= 11 is 0. The van der Waals surface area contributed by atoms with Gasteiger partial charge in [-0.2, -0.15) is 0 Å². The topological polar surface area (TPSA) is 52.6 Å². The van der Waals surface area contributed by atoms with Gasteiger partial charge in [-0.1, -0.05) is 0 Å². The molecule has 1 aliphatic carbocycles. The molecule has 0 bridgehead atoms. The van der Waals surface area contributed by atoms with Gasteiger partial charge in [-0.25, -0.2) is 0 Å². The summed E-state index contributed by atoms with van der Waals surface area (Å²) in [5.74, 6) is -0.0646. The lowest BCUT2D eigenvalue weighted by Crippen LogP contribution is -2.40. The Kier molecular flexibility index (Phi) is 2.04. The summed E-state index contributed by atoms with van der Waals surface area (Å²) in [5, 5.41) is 12.8. The van der Waals surface area contributed by atoms with Gasteiger partial charge in [0.25, 0.3) is 5.91 Å². The van der Waals surface area contributed by atoms with Crippen LogP contribution in [0.4, 0.5) is 0 Å². The second-order valence-electron chi connectivity index (χ2n) is 4.06. The van der Waals surface area contributed by atoms with Gasteiger partial charge in [0.2, 0.25) is 0 Å². The first-order chi connectivity index (χ1) is 6.15. The van der Waals surface area contributed by atoms with Crippen molar-refractivity contribution in [1.82, 2.24) is 10.2 Å². The Hall–Kier alpha value is -0.610. The first-order valence-electron chi connectivity index (χ1n) is 4.85. The minimum atomic E-state index is -0.984. The maximum atomic E-state index is 11.6. The summed E-state index contributed by atoms with van der Waals surface area (Å²) in [7, 11) is 1.91. The van der Waals surface area contributed by atoms with Crippen LogP contribution in [0.3, 0.4) is 0 Å². The van der Waals surface area contributed by atoms with Gasteiger partial charge in [-0.3, -0.25) is 4.79 Å². The molecule has 4 heteroatoms. The maximum absolute atomic E-state index is 11.6. The van der Waals surface area contributed by atoms with E-state index in [0.717, 1.165) is 19.5 Å². The molecule has 2 fully saturated rings. The molecule has 1 amide bonds. The van der Waals surface area contributed by atoms with Crippen molar-refractivity contribution in [2.45, 2.75) is 30.9 Å². The van der Waals surface area contributed by atoms with E-state index < -0.39 is 5.60 Å². The molecule has 0 aromatic rings. The smallest absolute Gasteiger partial charge is 0.254 e. The van der Waals surface area contributed by atoms with Crippen molar-refractivity contribution in [1.29, 1.82) is 0 Å². The first kappa shape index (κ1) is 8.97. The van der Waals surface area contributed by atoms with E-state index in [0.29, 0.717) is 18.9 Å². The van der Waals surface area contributed by atoms with E-state index in [1.165, 1.54) is 0 Å². The Morgan fingerprint density at radius 2 is 2.31 bits per heavy atom. The number of nitrogens with one attached hydrogen (secondary N) is 1. The molecule has 1 saturated carbocycles. The van der Waals surface area contributed by atoms with Gasteiger partial charge in [0, 0.05) is 19.1 Å². The highest BCUT2D eigenvalue weighted by Crippen LogP contribution is 2.37. The molecule has 2 N–H and O–H groups in total. The lowest BCUT2D eigenvalue weighted by Gasteiger charge is -2.19. The predicted octanol–water partition coefficient (Wildman–Crippen LogP) is -0.668.